The standard InChI is InChI=1S/C50H39N3/c1-3-36-30-46(40-24-22-39(23-25-40)44-28-26-37-16-10-12-20-42(37)31-44)33-47(48(36)45-29-27-38-17-11-13-21-43(38)32-45)50(51-2)53-49(41-18-8-5-9-19-41)52-34-35-14-6-4-7-15-35/h4-33H,2-3,34H2,1H3. The van der Waals surface area contributed by atoms with E-state index in [9.17, 15) is 0 Å². The highest BCUT2D eigenvalue weighted by Crippen LogP contribution is 2.37. The number of nitrogens with zero attached hydrogens (tertiary/aromatic N) is 3. The van der Waals surface area contributed by atoms with Crippen LogP contribution in [-0.2, 0) is 13.0 Å². The van der Waals surface area contributed by atoms with Gasteiger partial charge in [0.15, 0.2) is 11.7 Å². The van der Waals surface area contributed by atoms with E-state index in [-0.39, 0.29) is 0 Å². The zero-order valence-electron chi connectivity index (χ0n) is 29.8. The molecule has 254 valence electrons. The van der Waals surface area contributed by atoms with Crippen molar-refractivity contribution in [1.82, 2.24) is 0 Å². The molecule has 53 heavy (non-hydrogen) atoms. The molecule has 0 spiro atoms. The van der Waals surface area contributed by atoms with Crippen LogP contribution in [-0.4, -0.2) is 18.4 Å². The smallest absolute Gasteiger partial charge is 0.161 e. The van der Waals surface area contributed by atoms with Gasteiger partial charge in [0.25, 0.3) is 0 Å². The van der Waals surface area contributed by atoms with E-state index in [1.807, 2.05) is 48.5 Å². The molecule has 0 aliphatic rings. The van der Waals surface area contributed by atoms with Gasteiger partial charge in [-0.1, -0.05) is 171 Å². The molecule has 0 aliphatic heterocycles. The normalized spacial score (nSPS) is 11.9. The van der Waals surface area contributed by atoms with E-state index >= 15 is 0 Å². The van der Waals surface area contributed by atoms with Gasteiger partial charge in [0, 0.05) is 11.1 Å². The minimum absolute atomic E-state index is 0.500. The van der Waals surface area contributed by atoms with Gasteiger partial charge in [-0.2, -0.15) is 0 Å². The number of hydrogen-bond donors (Lipinski definition) is 0. The summed E-state index contributed by atoms with van der Waals surface area (Å²) in [5.74, 6) is 1.15. The maximum absolute atomic E-state index is 5.22. The molecule has 0 aliphatic carbocycles. The first-order valence-electron chi connectivity index (χ1n) is 18.1. The number of amidine groups is 2. The Morgan fingerprint density at radius 2 is 1.00 bits per heavy atom. The third kappa shape index (κ3) is 7.24. The SMILES string of the molecule is C=NC(=NC(=NCc1ccccc1)c1ccccc1)c1cc(-c2ccc(-c3ccc4ccccc4c3)cc2)cc(CC)c1-c1ccc2ccccc2c1. The summed E-state index contributed by atoms with van der Waals surface area (Å²) in [7, 11) is 0. The molecule has 0 aromatic heterocycles. The largest absolute Gasteiger partial charge is 0.261 e. The molecule has 0 saturated carbocycles. The molecular weight excluding hydrogens is 643 g/mol. The van der Waals surface area contributed by atoms with E-state index in [2.05, 4.69) is 152 Å². The maximum atomic E-state index is 5.22. The molecule has 8 rings (SSSR count). The second-order valence-corrected chi connectivity index (χ2v) is 13.2. The van der Waals surface area contributed by atoms with Crippen LogP contribution in [0.25, 0.3) is 54.9 Å². The van der Waals surface area contributed by atoms with E-state index in [0.29, 0.717) is 18.2 Å². The lowest BCUT2D eigenvalue weighted by atomic mass is 9.87. The Bertz CT molecular complexity index is 2620. The maximum Gasteiger partial charge on any atom is 0.161 e. The highest BCUT2D eigenvalue weighted by Gasteiger charge is 2.19. The molecule has 8 aromatic rings. The molecule has 0 atom stereocenters. The number of fused-ring (bicyclic) bond motifs is 2. The van der Waals surface area contributed by atoms with Crippen LogP contribution in [0.5, 0.6) is 0 Å². The molecule has 0 N–H and O–H groups in total. The Morgan fingerprint density at radius 3 is 1.62 bits per heavy atom. The van der Waals surface area contributed by atoms with E-state index in [1.165, 1.54) is 38.2 Å². The van der Waals surface area contributed by atoms with Crippen molar-refractivity contribution < 1.29 is 0 Å². The summed E-state index contributed by atoms with van der Waals surface area (Å²) in [6.07, 6.45) is 0.830. The van der Waals surface area contributed by atoms with Gasteiger partial charge in [-0.15, -0.1) is 0 Å². The van der Waals surface area contributed by atoms with Crippen molar-refractivity contribution in [2.45, 2.75) is 19.9 Å². The predicted molar refractivity (Wildman–Crippen MR) is 226 cm³/mol. The first-order chi connectivity index (χ1) is 26.2. The van der Waals surface area contributed by atoms with Crippen LogP contribution in [0.2, 0.25) is 0 Å². The molecular formula is C50H39N3. The van der Waals surface area contributed by atoms with Crippen molar-refractivity contribution >= 4 is 39.9 Å². The summed E-state index contributed by atoms with van der Waals surface area (Å²) in [5, 5.41) is 4.87. The molecule has 0 heterocycles. The van der Waals surface area contributed by atoms with Crippen LogP contribution in [0.1, 0.15) is 29.2 Å². The van der Waals surface area contributed by atoms with Crippen LogP contribution in [0.15, 0.2) is 197 Å². The third-order valence-corrected chi connectivity index (χ3v) is 9.83. The average Bonchev–Trinajstić information content (AvgIpc) is 3.23. The molecule has 0 saturated heterocycles. The average molecular weight is 682 g/mol. The molecule has 0 bridgehead atoms. The molecule has 0 amide bonds. The first-order valence-corrected chi connectivity index (χ1v) is 18.1. The molecule has 0 fully saturated rings. The number of aliphatic imine (C=N–C) groups is 3. The quantitative estimate of drug-likeness (QED) is 0.113. The lowest BCUT2D eigenvalue weighted by molar-refractivity contribution is 1.06. The van der Waals surface area contributed by atoms with E-state index < -0.39 is 0 Å². The Labute approximate surface area is 311 Å². The van der Waals surface area contributed by atoms with Crippen molar-refractivity contribution in [3.05, 3.63) is 204 Å². The Balaban J connectivity index is 1.28. The lowest BCUT2D eigenvalue weighted by Gasteiger charge is -2.18. The minimum atomic E-state index is 0.500. The molecule has 3 nitrogen and oxygen atoms in total. The van der Waals surface area contributed by atoms with Gasteiger partial charge >= 0.3 is 0 Å². The van der Waals surface area contributed by atoms with Crippen LogP contribution in [0.3, 0.4) is 0 Å². The number of aryl methyl sites for hydroxylation is 1. The summed E-state index contributed by atoms with van der Waals surface area (Å²) < 4.78 is 0. The highest BCUT2D eigenvalue weighted by molar-refractivity contribution is 6.16. The van der Waals surface area contributed by atoms with E-state index in [0.717, 1.165) is 45.4 Å². The van der Waals surface area contributed by atoms with Crippen LogP contribution >= 0.6 is 0 Å². The Morgan fingerprint density at radius 1 is 0.472 bits per heavy atom. The number of hydrogen-bond acceptors (Lipinski definition) is 1. The monoisotopic (exact) mass is 681 g/mol. The Hall–Kier alpha value is -6.71. The van der Waals surface area contributed by atoms with Crippen molar-refractivity contribution in [2.75, 3.05) is 0 Å². The van der Waals surface area contributed by atoms with E-state index in [1.54, 1.807) is 0 Å². The number of rotatable bonds is 8. The zero-order chi connectivity index (χ0) is 36.0. The summed E-state index contributed by atoms with van der Waals surface area (Å²) in [5.41, 5.74) is 11.0. The second-order valence-electron chi connectivity index (χ2n) is 13.2. The van der Waals surface area contributed by atoms with Crippen molar-refractivity contribution in [1.29, 1.82) is 0 Å². The van der Waals surface area contributed by atoms with Crippen LogP contribution in [0, 0.1) is 0 Å². The van der Waals surface area contributed by atoms with Gasteiger partial charge < -0.3 is 0 Å². The van der Waals surface area contributed by atoms with Crippen LogP contribution in [0.4, 0.5) is 0 Å². The van der Waals surface area contributed by atoms with Crippen LogP contribution < -0.4 is 0 Å². The molecule has 3 heteroatoms. The van der Waals surface area contributed by atoms with Gasteiger partial charge in [0.05, 0.1) is 6.54 Å². The summed E-state index contributed by atoms with van der Waals surface area (Å²) in [6, 6.07) is 64.1. The van der Waals surface area contributed by atoms with Gasteiger partial charge in [0.2, 0.25) is 0 Å². The second kappa shape index (κ2) is 15.3. The molecule has 0 unspecified atom stereocenters. The molecule has 8 aromatic carbocycles. The van der Waals surface area contributed by atoms with E-state index in [4.69, 9.17) is 9.98 Å². The van der Waals surface area contributed by atoms with Gasteiger partial charge in [-0.25, -0.2) is 9.98 Å². The minimum Gasteiger partial charge on any atom is -0.261 e. The topological polar surface area (TPSA) is 37.1 Å². The van der Waals surface area contributed by atoms with Gasteiger partial charge in [-0.3, -0.25) is 4.99 Å². The third-order valence-electron chi connectivity index (χ3n) is 9.83. The Kier molecular flexibility index (Phi) is 9.63. The van der Waals surface area contributed by atoms with Crippen molar-refractivity contribution in [2.24, 2.45) is 15.0 Å². The van der Waals surface area contributed by atoms with Gasteiger partial charge in [0.1, 0.15) is 0 Å². The summed E-state index contributed by atoms with van der Waals surface area (Å²) >= 11 is 0. The fraction of sp³-hybridized carbons (Fsp3) is 0.0600. The summed E-state index contributed by atoms with van der Waals surface area (Å²) in [4.78, 5) is 14.9. The fourth-order valence-corrected chi connectivity index (χ4v) is 7.04. The van der Waals surface area contributed by atoms with Gasteiger partial charge in [-0.05, 0) is 97.4 Å². The van der Waals surface area contributed by atoms with Crippen molar-refractivity contribution in [3.63, 3.8) is 0 Å². The summed E-state index contributed by atoms with van der Waals surface area (Å²) in [6.45, 7) is 6.79. The number of benzene rings is 8. The fourth-order valence-electron chi connectivity index (χ4n) is 7.04. The predicted octanol–water partition coefficient (Wildman–Crippen LogP) is 12.7. The highest BCUT2D eigenvalue weighted by atomic mass is 15.0. The molecule has 0 radical (unpaired) electrons. The zero-order valence-corrected chi connectivity index (χ0v) is 29.8. The first kappa shape index (κ1) is 33.4. The van der Waals surface area contributed by atoms with Crippen molar-refractivity contribution in [3.8, 4) is 33.4 Å². The lowest BCUT2D eigenvalue weighted by Crippen LogP contribution is -2.08.